The largest absolute Gasteiger partial charge is 0.687 e. The molecule has 0 N–H and O–H groups in total. The molecule has 0 fully saturated rings. The van der Waals surface area contributed by atoms with Gasteiger partial charge in [0.15, 0.2) is 0 Å². The van der Waals surface area contributed by atoms with Crippen LogP contribution in [0.2, 0.25) is 0 Å². The van der Waals surface area contributed by atoms with Gasteiger partial charge in [0.1, 0.15) is 0 Å². The van der Waals surface area contributed by atoms with Gasteiger partial charge in [-0.25, -0.2) is 9.97 Å². The van der Waals surface area contributed by atoms with Crippen molar-refractivity contribution in [1.82, 2.24) is 19.9 Å². The summed E-state index contributed by atoms with van der Waals surface area (Å²) in [6, 6.07) is 35.1. The smallest absolute Gasteiger partial charge is 0.0704 e. The molecule has 0 atom stereocenters. The Kier molecular flexibility index (Phi) is 14.0. The first-order valence-corrected chi connectivity index (χ1v) is 23.3. The maximum absolute atomic E-state index is 5.47. The number of rotatable bonds is 4. The fourth-order valence-corrected chi connectivity index (χ4v) is 8.20. The molecule has 3 aliphatic heterocycles. The maximum Gasteiger partial charge on any atom is 0.0704 e. The summed E-state index contributed by atoms with van der Waals surface area (Å²) in [6.45, 7) is 28.3. The predicted octanol–water partition coefficient (Wildman–Crippen LogP) is 16.0. The second-order valence-electron chi connectivity index (χ2n) is 21.7. The molecule has 338 valence electrons. The van der Waals surface area contributed by atoms with E-state index in [0.29, 0.717) is 0 Å². The van der Waals surface area contributed by atoms with E-state index < -0.39 is 0 Å². The summed E-state index contributed by atoms with van der Waals surface area (Å²) in [6.07, 6.45) is 20.6. The van der Waals surface area contributed by atoms with Crippen molar-refractivity contribution in [3.63, 3.8) is 0 Å². The van der Waals surface area contributed by atoms with Gasteiger partial charge in [-0.1, -0.05) is 204 Å². The molecule has 0 saturated carbocycles. The Balaban J connectivity index is 0.000000882. The Morgan fingerprint density at radius 1 is 0.478 bits per heavy atom. The average Bonchev–Trinajstić information content (AvgIpc) is 4.12. The Morgan fingerprint density at radius 2 is 0.985 bits per heavy atom. The molecule has 8 bridgehead atoms. The van der Waals surface area contributed by atoms with Crippen LogP contribution in [-0.2, 0) is 41.1 Å². The zero-order chi connectivity index (χ0) is 47.0. The van der Waals surface area contributed by atoms with E-state index in [2.05, 4.69) is 216 Å². The molecule has 6 heterocycles. The Morgan fingerprint density at radius 3 is 1.49 bits per heavy atom. The van der Waals surface area contributed by atoms with Crippen LogP contribution >= 0.6 is 0 Å². The number of fused-ring (bicyclic) bond motifs is 8. The van der Waals surface area contributed by atoms with Gasteiger partial charge in [-0.15, -0.1) is 34.7 Å². The molecule has 0 amide bonds. The van der Waals surface area contributed by atoms with Crippen LogP contribution in [0.15, 0.2) is 121 Å². The van der Waals surface area contributed by atoms with Gasteiger partial charge in [-0.05, 0) is 102 Å². The van der Waals surface area contributed by atoms with Gasteiger partial charge in [0.25, 0.3) is 0 Å². The molecule has 6 heteroatoms. The second-order valence-corrected chi connectivity index (χ2v) is 21.7. The number of allylic oxidation sites excluding steroid dienone is 2. The van der Waals surface area contributed by atoms with Gasteiger partial charge >= 0.3 is 0 Å². The fraction of sp³-hybridized carbons (Fsp3) is 0.279. The van der Waals surface area contributed by atoms with Crippen molar-refractivity contribution in [2.45, 2.75) is 105 Å². The zero-order valence-corrected chi connectivity index (χ0v) is 44.6. The van der Waals surface area contributed by atoms with Gasteiger partial charge in [-0.2, -0.15) is 6.20 Å². The SMILES string of the molecule is C1=CC[N-]C=C1.CC(C)(C)c1cc(-c2c3nc(c(C=Cc4ccccc4)c4ccc([n-]4)c(-c4cc(C(C)(C)C)cc(C(C)(C)C)c4)c4nc(cc5ccc2[n-]5)C=C4)C=C3)cc(C(C)(C)C)c1.[Zn]. The van der Waals surface area contributed by atoms with Crippen LogP contribution in [0, 0.1) is 0 Å². The first-order chi connectivity index (χ1) is 31.2. The molecule has 0 unspecified atom stereocenters. The van der Waals surface area contributed by atoms with E-state index in [0.717, 1.165) is 84.8 Å². The quantitative estimate of drug-likeness (QED) is 0.165. The molecule has 67 heavy (non-hydrogen) atoms. The van der Waals surface area contributed by atoms with E-state index in [1.807, 2.05) is 24.3 Å². The van der Waals surface area contributed by atoms with Crippen LogP contribution in [0.25, 0.3) is 86.1 Å². The first kappa shape index (κ1) is 48.8. The summed E-state index contributed by atoms with van der Waals surface area (Å²) in [5, 5.41) is 3.91. The van der Waals surface area contributed by atoms with Gasteiger partial charge in [-0.3, -0.25) is 0 Å². The monoisotopic (exact) mass is 930 g/mol. The van der Waals surface area contributed by atoms with Crippen LogP contribution in [0.4, 0.5) is 0 Å². The van der Waals surface area contributed by atoms with Crippen molar-refractivity contribution in [3.05, 3.63) is 183 Å². The number of hydrogen-bond acceptors (Lipinski definition) is 2. The topological polar surface area (TPSA) is 68.1 Å². The predicted molar refractivity (Wildman–Crippen MR) is 284 cm³/mol. The standard InChI is InChI=1S/C56H58N4.C5H6N.Zn/c1-53(2,3)38-28-36(29-39(32-38)54(4,5)6)51-47-22-19-42(57-47)34-43-20-23-48(58-43)52(37-30-40(55(7,8)9)33-41(31-37)56(10,11)12)50-27-25-46(60-50)44(45-24-26-49(51)59-45)21-18-35-16-14-13-15-17-35;1-2-4-6-5-3-1;/h13-34H,1-12H3;1-4H,5H2;/q-2;-1;. The normalized spacial score (nSPS) is 13.6. The van der Waals surface area contributed by atoms with Crippen LogP contribution in [0.1, 0.15) is 139 Å². The minimum atomic E-state index is -0.0539. The third-order valence-electron chi connectivity index (χ3n) is 12.3. The Hall–Kier alpha value is -6.10. The third kappa shape index (κ3) is 11.4. The van der Waals surface area contributed by atoms with E-state index in [4.69, 9.17) is 19.9 Å². The summed E-state index contributed by atoms with van der Waals surface area (Å²) < 4.78 is 0. The molecule has 5 nitrogen and oxygen atoms in total. The van der Waals surface area contributed by atoms with Crippen molar-refractivity contribution >= 4 is 58.5 Å². The summed E-state index contributed by atoms with van der Waals surface area (Å²) in [5.41, 5.74) is 18.1. The van der Waals surface area contributed by atoms with Crippen molar-refractivity contribution in [3.8, 4) is 22.3 Å². The fourth-order valence-electron chi connectivity index (χ4n) is 8.20. The zero-order valence-electron chi connectivity index (χ0n) is 41.7. The van der Waals surface area contributed by atoms with Crippen LogP contribution < -0.4 is 9.97 Å². The molecule has 0 saturated heterocycles. The van der Waals surface area contributed by atoms with Crippen molar-refractivity contribution in [2.75, 3.05) is 6.54 Å². The molecular weight excluding hydrogens is 868 g/mol. The molecule has 6 aromatic rings. The van der Waals surface area contributed by atoms with Gasteiger partial charge in [0.05, 0.1) is 22.8 Å². The number of aromatic nitrogens is 4. The number of hydrogen-bond donors (Lipinski definition) is 0. The van der Waals surface area contributed by atoms with Crippen LogP contribution in [0.3, 0.4) is 0 Å². The minimum absolute atomic E-state index is 0. The Bertz CT molecular complexity index is 2950. The maximum atomic E-state index is 5.47. The van der Waals surface area contributed by atoms with E-state index in [1.165, 1.54) is 22.3 Å². The van der Waals surface area contributed by atoms with Crippen molar-refractivity contribution < 1.29 is 19.5 Å². The third-order valence-corrected chi connectivity index (χ3v) is 12.3. The van der Waals surface area contributed by atoms with E-state index in [1.54, 1.807) is 6.20 Å². The molecular formula is C61H64N5Zn-3. The molecule has 0 radical (unpaired) electrons. The molecule has 0 aliphatic carbocycles. The Labute approximate surface area is 412 Å². The minimum Gasteiger partial charge on any atom is -0.687 e. The molecule has 0 spiro atoms. The average molecular weight is 933 g/mol. The molecule has 3 aromatic heterocycles. The van der Waals surface area contributed by atoms with Gasteiger partial charge < -0.3 is 15.3 Å². The summed E-state index contributed by atoms with van der Waals surface area (Å²) >= 11 is 0. The number of nitrogens with zero attached hydrogens (tertiary/aromatic N) is 5. The summed E-state index contributed by atoms with van der Waals surface area (Å²) in [5.74, 6) is 0. The van der Waals surface area contributed by atoms with Gasteiger partial charge in [0, 0.05) is 19.5 Å². The van der Waals surface area contributed by atoms with E-state index >= 15 is 0 Å². The summed E-state index contributed by atoms with van der Waals surface area (Å²) in [7, 11) is 0. The van der Waals surface area contributed by atoms with E-state index in [9.17, 15) is 0 Å². The second kappa shape index (κ2) is 19.3. The molecule has 9 rings (SSSR count). The molecule has 3 aliphatic rings. The van der Waals surface area contributed by atoms with Crippen LogP contribution in [-0.4, -0.2) is 16.5 Å². The van der Waals surface area contributed by atoms with E-state index in [-0.39, 0.29) is 41.1 Å². The molecule has 3 aromatic carbocycles. The first-order valence-electron chi connectivity index (χ1n) is 23.3. The number of benzene rings is 3. The van der Waals surface area contributed by atoms with Crippen molar-refractivity contribution in [1.29, 1.82) is 0 Å². The van der Waals surface area contributed by atoms with Crippen LogP contribution in [0.5, 0.6) is 0 Å². The van der Waals surface area contributed by atoms with Crippen molar-refractivity contribution in [2.24, 2.45) is 0 Å². The summed E-state index contributed by atoms with van der Waals surface area (Å²) in [4.78, 5) is 21.5. The van der Waals surface area contributed by atoms with Gasteiger partial charge in [0.2, 0.25) is 0 Å².